The third kappa shape index (κ3) is 5.80. The van der Waals surface area contributed by atoms with E-state index in [4.69, 9.17) is 0 Å². The van der Waals surface area contributed by atoms with Crippen molar-refractivity contribution in [2.45, 2.75) is 0 Å². The van der Waals surface area contributed by atoms with Crippen LogP contribution in [0.4, 0.5) is 11.4 Å². The maximum absolute atomic E-state index is 11.6. The lowest BCUT2D eigenvalue weighted by Crippen LogP contribution is -2.35. The van der Waals surface area contributed by atoms with E-state index in [1.165, 1.54) is 61.0 Å². The zero-order valence-corrected chi connectivity index (χ0v) is 14.0. The first-order valence-electron chi connectivity index (χ1n) is 7.52. The second-order valence-corrected chi connectivity index (χ2v) is 5.10. The molecule has 0 spiro atoms. The van der Waals surface area contributed by atoms with Gasteiger partial charge in [0.05, 0.1) is 22.3 Å². The van der Waals surface area contributed by atoms with E-state index >= 15 is 0 Å². The van der Waals surface area contributed by atoms with E-state index in [0.29, 0.717) is 11.1 Å². The number of nitrogens with zero attached hydrogens (tertiary/aromatic N) is 4. The molecule has 0 bridgehead atoms. The quantitative estimate of drug-likeness (QED) is 0.327. The first-order chi connectivity index (χ1) is 13.4. The summed E-state index contributed by atoms with van der Waals surface area (Å²) >= 11 is 0. The van der Waals surface area contributed by atoms with Gasteiger partial charge in [-0.3, -0.25) is 29.8 Å². The molecule has 0 aromatic heterocycles. The van der Waals surface area contributed by atoms with Crippen LogP contribution in [-0.2, 0) is 9.59 Å². The summed E-state index contributed by atoms with van der Waals surface area (Å²) in [6, 6.07) is 10.7. The van der Waals surface area contributed by atoms with Gasteiger partial charge in [0.15, 0.2) is 0 Å². The van der Waals surface area contributed by atoms with Crippen molar-refractivity contribution in [2.24, 2.45) is 10.2 Å². The fourth-order valence-corrected chi connectivity index (χ4v) is 1.80. The van der Waals surface area contributed by atoms with Gasteiger partial charge in [-0.2, -0.15) is 10.2 Å². The third-order valence-electron chi connectivity index (χ3n) is 3.17. The van der Waals surface area contributed by atoms with E-state index in [2.05, 4.69) is 10.2 Å². The van der Waals surface area contributed by atoms with Crippen molar-refractivity contribution in [3.63, 3.8) is 0 Å². The summed E-state index contributed by atoms with van der Waals surface area (Å²) in [7, 11) is 0. The molecule has 2 amide bonds. The normalized spacial score (nSPS) is 10.7. The topological polar surface area (TPSA) is 169 Å². The second kappa shape index (κ2) is 9.28. The maximum Gasteiger partial charge on any atom is 0.331 e. The second-order valence-electron chi connectivity index (χ2n) is 5.10. The minimum Gasteiger partial charge on any atom is -0.262 e. The largest absolute Gasteiger partial charge is 0.331 e. The van der Waals surface area contributed by atoms with Crippen LogP contribution in [0.3, 0.4) is 0 Å². The van der Waals surface area contributed by atoms with Crippen LogP contribution in [0.2, 0.25) is 0 Å². The lowest BCUT2D eigenvalue weighted by Gasteiger charge is -1.98. The Hall–Kier alpha value is -4.48. The number of nitrogens with one attached hydrogen (secondary N) is 2. The minimum absolute atomic E-state index is 0.0913. The maximum atomic E-state index is 11.6. The summed E-state index contributed by atoms with van der Waals surface area (Å²) in [5, 5.41) is 28.2. The molecular weight excluding hydrogens is 372 g/mol. The van der Waals surface area contributed by atoms with Gasteiger partial charge in [-0.1, -0.05) is 0 Å². The van der Waals surface area contributed by atoms with Crippen molar-refractivity contribution in [1.29, 1.82) is 0 Å². The van der Waals surface area contributed by atoms with E-state index in [1.807, 2.05) is 10.9 Å². The number of nitro benzene ring substituents is 2. The number of carbonyl (C=O) groups excluding carboxylic acids is 2. The molecule has 0 heterocycles. The van der Waals surface area contributed by atoms with Crippen molar-refractivity contribution < 1.29 is 19.4 Å². The molecule has 0 aliphatic rings. The fourth-order valence-electron chi connectivity index (χ4n) is 1.80. The van der Waals surface area contributed by atoms with Gasteiger partial charge in [-0.05, 0) is 35.4 Å². The van der Waals surface area contributed by atoms with Crippen LogP contribution in [0.25, 0.3) is 0 Å². The molecule has 2 rings (SSSR count). The molecule has 2 aromatic rings. The Morgan fingerprint density at radius 2 is 1.04 bits per heavy atom. The van der Waals surface area contributed by atoms with E-state index in [0.717, 1.165) is 0 Å². The Kier molecular flexibility index (Phi) is 6.58. The average Bonchev–Trinajstić information content (AvgIpc) is 2.68. The zero-order chi connectivity index (χ0) is 20.5. The van der Waals surface area contributed by atoms with Crippen molar-refractivity contribution in [1.82, 2.24) is 10.9 Å². The molecule has 2 aromatic carbocycles. The number of nitro groups is 2. The molecule has 0 unspecified atom stereocenters. The number of hydrogen-bond acceptors (Lipinski definition) is 8. The minimum atomic E-state index is -1.08. The number of hydrazone groups is 2. The molecule has 0 fully saturated rings. The molecule has 0 saturated heterocycles. The summed E-state index contributed by atoms with van der Waals surface area (Å²) < 4.78 is 0. The highest BCUT2D eigenvalue weighted by atomic mass is 16.6. The first-order valence-corrected chi connectivity index (χ1v) is 7.52. The van der Waals surface area contributed by atoms with Crippen LogP contribution >= 0.6 is 0 Å². The molecular formula is C16H12N6O6. The Labute approximate surface area is 156 Å². The Morgan fingerprint density at radius 1 is 0.714 bits per heavy atom. The van der Waals surface area contributed by atoms with Crippen LogP contribution in [-0.4, -0.2) is 34.1 Å². The van der Waals surface area contributed by atoms with Crippen LogP contribution in [0.1, 0.15) is 11.1 Å². The lowest BCUT2D eigenvalue weighted by molar-refractivity contribution is -0.385. The van der Waals surface area contributed by atoms with Gasteiger partial charge in [0, 0.05) is 24.3 Å². The number of carbonyl (C=O) groups is 2. The molecule has 12 nitrogen and oxygen atoms in total. The van der Waals surface area contributed by atoms with Crippen molar-refractivity contribution in [3.05, 3.63) is 79.9 Å². The average molecular weight is 384 g/mol. The molecule has 142 valence electrons. The predicted molar refractivity (Wildman–Crippen MR) is 97.7 cm³/mol. The van der Waals surface area contributed by atoms with Gasteiger partial charge in [0.2, 0.25) is 0 Å². The van der Waals surface area contributed by atoms with Crippen LogP contribution in [0, 0.1) is 20.2 Å². The highest BCUT2D eigenvalue weighted by Crippen LogP contribution is 2.11. The Morgan fingerprint density at radius 3 is 1.32 bits per heavy atom. The van der Waals surface area contributed by atoms with Crippen LogP contribution in [0.15, 0.2) is 58.7 Å². The van der Waals surface area contributed by atoms with Crippen LogP contribution < -0.4 is 10.9 Å². The Bertz CT molecular complexity index is 873. The van der Waals surface area contributed by atoms with Crippen LogP contribution in [0.5, 0.6) is 0 Å². The smallest absolute Gasteiger partial charge is 0.262 e. The van der Waals surface area contributed by atoms with Gasteiger partial charge in [-0.15, -0.1) is 0 Å². The first kappa shape index (κ1) is 19.8. The molecule has 12 heteroatoms. The number of rotatable bonds is 6. The number of non-ortho nitro benzene ring substituents is 2. The monoisotopic (exact) mass is 384 g/mol. The summed E-state index contributed by atoms with van der Waals surface area (Å²) in [4.78, 5) is 43.1. The molecule has 28 heavy (non-hydrogen) atoms. The molecule has 0 radical (unpaired) electrons. The molecule has 0 atom stereocenters. The van der Waals surface area contributed by atoms with E-state index in [1.54, 1.807) is 0 Å². The standard InChI is InChI=1S/C16H12N6O6/c23-15(19-17-9-11-1-5-13(6-2-11)21(25)26)16(24)20-18-10-12-3-7-14(8-4-12)22(27)28/h1-10H,(H,19,23)(H,20,24)/b17-9-,18-10+. The fraction of sp³-hybridized carbons (Fsp3) is 0. The third-order valence-corrected chi connectivity index (χ3v) is 3.17. The molecule has 0 saturated carbocycles. The Balaban J connectivity index is 1.82. The molecule has 0 aliphatic carbocycles. The highest BCUT2D eigenvalue weighted by molar-refractivity contribution is 6.35. The van der Waals surface area contributed by atoms with Gasteiger partial charge < -0.3 is 0 Å². The summed E-state index contributed by atoms with van der Waals surface area (Å²) in [5.74, 6) is -2.17. The van der Waals surface area contributed by atoms with E-state index in [9.17, 15) is 29.8 Å². The van der Waals surface area contributed by atoms with Crippen molar-refractivity contribution in [3.8, 4) is 0 Å². The zero-order valence-electron chi connectivity index (χ0n) is 14.0. The summed E-state index contributed by atoms with van der Waals surface area (Å²) in [6.07, 6.45) is 2.41. The lowest BCUT2D eigenvalue weighted by atomic mass is 10.2. The van der Waals surface area contributed by atoms with E-state index in [-0.39, 0.29) is 11.4 Å². The summed E-state index contributed by atoms with van der Waals surface area (Å²) in [6.45, 7) is 0. The van der Waals surface area contributed by atoms with Gasteiger partial charge >= 0.3 is 11.8 Å². The van der Waals surface area contributed by atoms with Gasteiger partial charge in [-0.25, -0.2) is 10.9 Å². The van der Waals surface area contributed by atoms with Crippen molar-refractivity contribution >= 4 is 35.6 Å². The number of hydrogen-bond donors (Lipinski definition) is 2. The molecule has 0 aliphatic heterocycles. The highest BCUT2D eigenvalue weighted by Gasteiger charge is 2.11. The SMILES string of the molecule is O=C(N/N=C\c1ccc([N+](=O)[O-])cc1)C(=O)N/N=C/c1ccc([N+](=O)[O-])cc1. The number of amides is 2. The van der Waals surface area contributed by atoms with Crippen molar-refractivity contribution in [2.75, 3.05) is 0 Å². The summed E-state index contributed by atoms with van der Waals surface area (Å²) in [5.41, 5.74) is 4.71. The predicted octanol–water partition coefficient (Wildman–Crippen LogP) is 1.10. The number of benzene rings is 2. The molecule has 2 N–H and O–H groups in total. The van der Waals surface area contributed by atoms with Gasteiger partial charge in [0.25, 0.3) is 11.4 Å². The van der Waals surface area contributed by atoms with E-state index < -0.39 is 21.7 Å². The van der Waals surface area contributed by atoms with Gasteiger partial charge in [0.1, 0.15) is 0 Å².